The number of carbonyl (C=O) groups is 1. The molecule has 0 radical (unpaired) electrons. The Morgan fingerprint density at radius 1 is 1.09 bits per heavy atom. The summed E-state index contributed by atoms with van der Waals surface area (Å²) in [6.07, 6.45) is 1.73. The Labute approximate surface area is 132 Å². The lowest BCUT2D eigenvalue weighted by molar-refractivity contribution is -0.115. The molecule has 3 rings (SSSR count). The zero-order valence-electron chi connectivity index (χ0n) is 11.6. The fraction of sp³-hybridized carbons (Fsp3) is 0.0588. The van der Waals surface area contributed by atoms with Crippen molar-refractivity contribution >= 4 is 28.9 Å². The van der Waals surface area contributed by atoms with Gasteiger partial charge in [0.25, 0.3) is 5.91 Å². The summed E-state index contributed by atoms with van der Waals surface area (Å²) in [6, 6.07) is 15.8. The van der Waals surface area contributed by atoms with Gasteiger partial charge in [0, 0.05) is 0 Å². The van der Waals surface area contributed by atoms with Crippen LogP contribution in [0.5, 0.6) is 0 Å². The van der Waals surface area contributed by atoms with Crippen LogP contribution in [0.25, 0.3) is 6.08 Å². The van der Waals surface area contributed by atoms with Crippen molar-refractivity contribution in [1.29, 1.82) is 0 Å². The van der Waals surface area contributed by atoms with E-state index in [1.54, 1.807) is 18.2 Å². The normalized spacial score (nSPS) is 18.0. The van der Waals surface area contributed by atoms with Crippen molar-refractivity contribution in [3.05, 3.63) is 76.4 Å². The van der Waals surface area contributed by atoms with Crippen molar-refractivity contribution in [1.82, 2.24) is 5.32 Å². The van der Waals surface area contributed by atoms with Crippen molar-refractivity contribution in [2.45, 2.75) is 6.54 Å². The molecular formula is C17H13FN2OS. The Bertz CT molecular complexity index is 739. The van der Waals surface area contributed by atoms with Crippen LogP contribution >= 0.6 is 11.8 Å². The monoisotopic (exact) mass is 312 g/mol. The Morgan fingerprint density at radius 2 is 1.82 bits per heavy atom. The molecule has 5 heteroatoms. The second-order valence-electron chi connectivity index (χ2n) is 4.72. The molecule has 0 aromatic heterocycles. The maximum atomic E-state index is 12.9. The van der Waals surface area contributed by atoms with Crippen molar-refractivity contribution in [2.24, 2.45) is 4.99 Å². The largest absolute Gasteiger partial charge is 0.301 e. The molecule has 0 unspecified atom stereocenters. The van der Waals surface area contributed by atoms with Gasteiger partial charge in [-0.15, -0.1) is 0 Å². The molecule has 1 aliphatic rings. The number of nitrogens with one attached hydrogen (secondary N) is 1. The molecule has 110 valence electrons. The number of carbonyl (C=O) groups excluding carboxylic acids is 1. The first-order chi connectivity index (χ1) is 10.7. The lowest BCUT2D eigenvalue weighted by Gasteiger charge is -1.97. The van der Waals surface area contributed by atoms with Gasteiger partial charge in [0.2, 0.25) is 0 Å². The highest BCUT2D eigenvalue weighted by molar-refractivity contribution is 8.18. The second-order valence-corrected chi connectivity index (χ2v) is 5.75. The van der Waals surface area contributed by atoms with E-state index in [0.717, 1.165) is 11.1 Å². The van der Waals surface area contributed by atoms with E-state index in [4.69, 9.17) is 0 Å². The maximum Gasteiger partial charge on any atom is 0.264 e. The topological polar surface area (TPSA) is 41.5 Å². The van der Waals surface area contributed by atoms with Crippen LogP contribution in [0, 0.1) is 5.82 Å². The minimum absolute atomic E-state index is 0.180. The van der Waals surface area contributed by atoms with E-state index in [1.807, 2.05) is 30.3 Å². The van der Waals surface area contributed by atoms with E-state index < -0.39 is 0 Å². The minimum atomic E-state index is -0.296. The summed E-state index contributed by atoms with van der Waals surface area (Å²) in [7, 11) is 0. The van der Waals surface area contributed by atoms with Crippen molar-refractivity contribution < 1.29 is 9.18 Å². The van der Waals surface area contributed by atoms with E-state index >= 15 is 0 Å². The molecule has 0 bridgehead atoms. The molecule has 0 aliphatic carbocycles. The highest BCUT2D eigenvalue weighted by Gasteiger charge is 2.23. The summed E-state index contributed by atoms with van der Waals surface area (Å²) >= 11 is 1.29. The SMILES string of the molecule is O=C1NC(=NCc2ccccc2)S/C1=C\c1ccc(F)cc1. The molecule has 0 saturated carbocycles. The lowest BCUT2D eigenvalue weighted by atomic mass is 10.2. The minimum Gasteiger partial charge on any atom is -0.301 e. The third-order valence-electron chi connectivity index (χ3n) is 3.07. The first kappa shape index (κ1) is 14.5. The maximum absolute atomic E-state index is 12.9. The second kappa shape index (κ2) is 6.58. The van der Waals surface area contributed by atoms with Gasteiger partial charge in [-0.2, -0.15) is 0 Å². The summed E-state index contributed by atoms with van der Waals surface area (Å²) in [4.78, 5) is 16.9. The molecule has 3 nitrogen and oxygen atoms in total. The highest BCUT2D eigenvalue weighted by Crippen LogP contribution is 2.26. The number of thioether (sulfide) groups is 1. The Morgan fingerprint density at radius 3 is 2.55 bits per heavy atom. The Hall–Kier alpha value is -2.40. The van der Waals surface area contributed by atoms with E-state index in [2.05, 4.69) is 10.3 Å². The number of hydrogen-bond acceptors (Lipinski definition) is 3. The predicted octanol–water partition coefficient (Wildman–Crippen LogP) is 3.59. The van der Waals surface area contributed by atoms with Crippen LogP contribution in [-0.2, 0) is 11.3 Å². The van der Waals surface area contributed by atoms with E-state index in [0.29, 0.717) is 16.6 Å². The smallest absolute Gasteiger partial charge is 0.264 e. The summed E-state index contributed by atoms with van der Waals surface area (Å²) in [5.41, 5.74) is 1.86. The standard InChI is InChI=1S/C17H13FN2OS/c18-14-8-6-12(7-9-14)10-15-16(21)20-17(22-15)19-11-13-4-2-1-3-5-13/h1-10H,11H2,(H,19,20,21)/b15-10-. The zero-order chi connectivity index (χ0) is 15.4. The van der Waals surface area contributed by atoms with Gasteiger partial charge in [-0.25, -0.2) is 4.39 Å². The first-order valence-corrected chi connectivity index (χ1v) is 7.57. The van der Waals surface area contributed by atoms with Crippen LogP contribution in [0.3, 0.4) is 0 Å². The number of halogens is 1. The summed E-state index contributed by atoms with van der Waals surface area (Å²) in [5.74, 6) is -0.475. The van der Waals surface area contributed by atoms with Gasteiger partial charge in [-0.05, 0) is 41.1 Å². The van der Waals surface area contributed by atoms with Gasteiger partial charge in [0.05, 0.1) is 11.4 Å². The van der Waals surface area contributed by atoms with Gasteiger partial charge >= 0.3 is 0 Å². The van der Waals surface area contributed by atoms with Gasteiger partial charge in [-0.1, -0.05) is 42.5 Å². The average molecular weight is 312 g/mol. The third kappa shape index (κ3) is 3.62. The molecule has 1 fully saturated rings. The van der Waals surface area contributed by atoms with Crippen LogP contribution in [-0.4, -0.2) is 11.1 Å². The quantitative estimate of drug-likeness (QED) is 0.880. The molecule has 1 aliphatic heterocycles. The van der Waals surface area contributed by atoms with Crippen LogP contribution < -0.4 is 5.32 Å². The van der Waals surface area contributed by atoms with Gasteiger partial charge in [0.1, 0.15) is 5.82 Å². The highest BCUT2D eigenvalue weighted by atomic mass is 32.2. The Balaban J connectivity index is 1.71. The number of hydrogen-bond donors (Lipinski definition) is 1. The lowest BCUT2D eigenvalue weighted by Crippen LogP contribution is -2.19. The van der Waals surface area contributed by atoms with Crippen LogP contribution in [0.15, 0.2) is 64.5 Å². The van der Waals surface area contributed by atoms with Crippen molar-refractivity contribution in [3.63, 3.8) is 0 Å². The van der Waals surface area contributed by atoms with E-state index in [-0.39, 0.29) is 11.7 Å². The van der Waals surface area contributed by atoms with Crippen LogP contribution in [0.2, 0.25) is 0 Å². The molecule has 22 heavy (non-hydrogen) atoms. The zero-order valence-corrected chi connectivity index (χ0v) is 12.4. The molecule has 1 amide bonds. The Kier molecular flexibility index (Phi) is 4.34. The number of rotatable bonds is 3. The molecule has 2 aromatic carbocycles. The number of amides is 1. The molecule has 2 aromatic rings. The van der Waals surface area contributed by atoms with Crippen molar-refractivity contribution in [2.75, 3.05) is 0 Å². The number of benzene rings is 2. The van der Waals surface area contributed by atoms with E-state index in [9.17, 15) is 9.18 Å². The van der Waals surface area contributed by atoms with Gasteiger partial charge in [0.15, 0.2) is 5.17 Å². The fourth-order valence-corrected chi connectivity index (χ4v) is 2.78. The van der Waals surface area contributed by atoms with Gasteiger partial charge < -0.3 is 5.32 Å². The van der Waals surface area contributed by atoms with Crippen LogP contribution in [0.4, 0.5) is 4.39 Å². The number of nitrogens with zero attached hydrogens (tertiary/aromatic N) is 1. The van der Waals surface area contributed by atoms with Crippen LogP contribution in [0.1, 0.15) is 11.1 Å². The number of aliphatic imine (C=N–C) groups is 1. The molecule has 1 N–H and O–H groups in total. The first-order valence-electron chi connectivity index (χ1n) is 6.75. The predicted molar refractivity (Wildman–Crippen MR) is 87.7 cm³/mol. The number of amidine groups is 1. The molecular weight excluding hydrogens is 299 g/mol. The summed E-state index contributed by atoms with van der Waals surface area (Å²) in [5, 5.41) is 3.32. The van der Waals surface area contributed by atoms with Crippen molar-refractivity contribution in [3.8, 4) is 0 Å². The van der Waals surface area contributed by atoms with E-state index in [1.165, 1.54) is 23.9 Å². The summed E-state index contributed by atoms with van der Waals surface area (Å²) in [6.45, 7) is 0.521. The third-order valence-corrected chi connectivity index (χ3v) is 4.01. The van der Waals surface area contributed by atoms with Gasteiger partial charge in [-0.3, -0.25) is 9.79 Å². The molecule has 0 atom stereocenters. The molecule has 1 saturated heterocycles. The molecule has 1 heterocycles. The average Bonchev–Trinajstić information content (AvgIpc) is 2.89. The molecule has 0 spiro atoms. The summed E-state index contributed by atoms with van der Waals surface area (Å²) < 4.78 is 12.9. The fourth-order valence-electron chi connectivity index (χ4n) is 1.96.